The molecule has 2 fully saturated rings. The van der Waals surface area contributed by atoms with Gasteiger partial charge < -0.3 is 10.2 Å². The summed E-state index contributed by atoms with van der Waals surface area (Å²) >= 11 is 0. The highest BCUT2D eigenvalue weighted by Gasteiger charge is 2.36. The standard InChI is InChI=1S/C16H23N3O/c1-11-4-3-7-17-15(11)10-16(20)19(2)14-8-12-5-6-13(9-14)18-12/h3-4,7,12-14,18H,5-6,8-10H2,1-2H3. The molecule has 2 aliphatic heterocycles. The highest BCUT2D eigenvalue weighted by molar-refractivity contribution is 5.78. The van der Waals surface area contributed by atoms with Crippen molar-refractivity contribution in [3.05, 3.63) is 29.6 Å². The molecule has 4 nitrogen and oxygen atoms in total. The van der Waals surface area contributed by atoms with E-state index < -0.39 is 0 Å². The van der Waals surface area contributed by atoms with Crippen molar-refractivity contribution in [2.45, 2.75) is 57.2 Å². The lowest BCUT2D eigenvalue weighted by atomic mass is 9.98. The van der Waals surface area contributed by atoms with Crippen LogP contribution in [0.2, 0.25) is 0 Å². The van der Waals surface area contributed by atoms with Crippen LogP contribution >= 0.6 is 0 Å². The molecule has 0 aliphatic carbocycles. The minimum absolute atomic E-state index is 0.193. The summed E-state index contributed by atoms with van der Waals surface area (Å²) in [6.07, 6.45) is 6.91. The molecule has 0 radical (unpaired) electrons. The summed E-state index contributed by atoms with van der Waals surface area (Å²) in [6, 6.07) is 5.55. The number of aryl methyl sites for hydroxylation is 1. The van der Waals surface area contributed by atoms with E-state index in [-0.39, 0.29) is 5.91 Å². The first kappa shape index (κ1) is 13.6. The SMILES string of the molecule is Cc1cccnc1CC(=O)N(C)C1CC2CCC(C1)N2. The maximum absolute atomic E-state index is 12.5. The van der Waals surface area contributed by atoms with Gasteiger partial charge >= 0.3 is 0 Å². The van der Waals surface area contributed by atoms with Crippen LogP contribution in [0.5, 0.6) is 0 Å². The molecule has 0 aromatic carbocycles. The van der Waals surface area contributed by atoms with Gasteiger partial charge in [0, 0.05) is 31.4 Å². The summed E-state index contributed by atoms with van der Waals surface area (Å²) in [5, 5.41) is 3.62. The first-order valence-corrected chi connectivity index (χ1v) is 7.55. The zero-order chi connectivity index (χ0) is 14.1. The van der Waals surface area contributed by atoms with Crippen LogP contribution in [0, 0.1) is 6.92 Å². The molecule has 0 saturated carbocycles. The fourth-order valence-electron chi connectivity index (χ4n) is 3.52. The molecule has 1 aromatic heterocycles. The Bertz CT molecular complexity index is 490. The number of fused-ring (bicyclic) bond motifs is 2. The largest absolute Gasteiger partial charge is 0.342 e. The van der Waals surface area contributed by atoms with Crippen molar-refractivity contribution in [2.75, 3.05) is 7.05 Å². The Balaban J connectivity index is 1.63. The lowest BCUT2D eigenvalue weighted by Crippen LogP contribution is -2.49. The lowest BCUT2D eigenvalue weighted by molar-refractivity contribution is -0.132. The number of hydrogen-bond donors (Lipinski definition) is 1. The van der Waals surface area contributed by atoms with E-state index in [1.54, 1.807) is 6.20 Å². The number of aromatic nitrogens is 1. The molecular weight excluding hydrogens is 250 g/mol. The van der Waals surface area contributed by atoms with Crippen LogP contribution in [-0.4, -0.2) is 41.0 Å². The number of carbonyl (C=O) groups excluding carboxylic acids is 1. The fourth-order valence-corrected chi connectivity index (χ4v) is 3.52. The van der Waals surface area contributed by atoms with Gasteiger partial charge in [-0.05, 0) is 44.2 Å². The van der Waals surface area contributed by atoms with E-state index in [1.807, 2.05) is 31.0 Å². The molecule has 3 heterocycles. The van der Waals surface area contributed by atoms with Crippen LogP contribution in [-0.2, 0) is 11.2 Å². The summed E-state index contributed by atoms with van der Waals surface area (Å²) in [4.78, 5) is 18.7. The third-order valence-corrected chi connectivity index (χ3v) is 4.83. The van der Waals surface area contributed by atoms with E-state index in [2.05, 4.69) is 10.3 Å². The Labute approximate surface area is 120 Å². The fraction of sp³-hybridized carbons (Fsp3) is 0.625. The molecule has 2 aliphatic rings. The molecule has 1 aromatic rings. The summed E-state index contributed by atoms with van der Waals surface area (Å²) in [7, 11) is 1.95. The number of carbonyl (C=O) groups is 1. The number of nitrogens with one attached hydrogen (secondary N) is 1. The average molecular weight is 273 g/mol. The van der Waals surface area contributed by atoms with E-state index >= 15 is 0 Å². The van der Waals surface area contributed by atoms with Crippen LogP contribution in [0.3, 0.4) is 0 Å². The van der Waals surface area contributed by atoms with Gasteiger partial charge in [-0.3, -0.25) is 9.78 Å². The van der Waals surface area contributed by atoms with Gasteiger partial charge in [-0.15, -0.1) is 0 Å². The van der Waals surface area contributed by atoms with Crippen molar-refractivity contribution >= 4 is 5.91 Å². The van der Waals surface area contributed by atoms with Crippen molar-refractivity contribution in [3.8, 4) is 0 Å². The van der Waals surface area contributed by atoms with Crippen molar-refractivity contribution in [3.63, 3.8) is 0 Å². The third-order valence-electron chi connectivity index (χ3n) is 4.83. The summed E-state index contributed by atoms with van der Waals surface area (Å²) in [6.45, 7) is 2.01. The summed E-state index contributed by atoms with van der Waals surface area (Å²) in [5.74, 6) is 0.193. The van der Waals surface area contributed by atoms with Gasteiger partial charge in [-0.2, -0.15) is 0 Å². The van der Waals surface area contributed by atoms with Gasteiger partial charge in [0.2, 0.25) is 5.91 Å². The van der Waals surface area contributed by atoms with E-state index in [0.29, 0.717) is 24.5 Å². The number of nitrogens with zero attached hydrogens (tertiary/aromatic N) is 2. The molecule has 4 heteroatoms. The van der Waals surface area contributed by atoms with E-state index in [1.165, 1.54) is 12.8 Å². The molecule has 3 rings (SSSR count). The maximum atomic E-state index is 12.5. The number of rotatable bonds is 3. The van der Waals surface area contributed by atoms with Gasteiger partial charge in [-0.25, -0.2) is 0 Å². The number of amides is 1. The van der Waals surface area contributed by atoms with Crippen LogP contribution in [0.1, 0.15) is 36.9 Å². The monoisotopic (exact) mass is 273 g/mol. The van der Waals surface area contributed by atoms with E-state index in [9.17, 15) is 4.79 Å². The van der Waals surface area contributed by atoms with Crippen molar-refractivity contribution in [2.24, 2.45) is 0 Å². The zero-order valence-electron chi connectivity index (χ0n) is 12.3. The molecule has 2 saturated heterocycles. The van der Waals surface area contributed by atoms with Crippen molar-refractivity contribution in [1.82, 2.24) is 15.2 Å². The second-order valence-electron chi connectivity index (χ2n) is 6.21. The third kappa shape index (κ3) is 2.70. The van der Waals surface area contributed by atoms with Gasteiger partial charge in [0.1, 0.15) is 0 Å². The Morgan fingerprint density at radius 2 is 2.10 bits per heavy atom. The highest BCUT2D eigenvalue weighted by atomic mass is 16.2. The van der Waals surface area contributed by atoms with E-state index in [4.69, 9.17) is 0 Å². The minimum atomic E-state index is 0.193. The van der Waals surface area contributed by atoms with Crippen LogP contribution < -0.4 is 5.32 Å². The molecule has 2 unspecified atom stereocenters. The quantitative estimate of drug-likeness (QED) is 0.911. The van der Waals surface area contributed by atoms with E-state index in [0.717, 1.165) is 24.1 Å². The molecule has 1 amide bonds. The first-order valence-electron chi connectivity index (χ1n) is 7.55. The lowest BCUT2D eigenvalue weighted by Gasteiger charge is -2.35. The summed E-state index contributed by atoms with van der Waals surface area (Å²) in [5.41, 5.74) is 2.00. The van der Waals surface area contributed by atoms with Gasteiger partial charge in [0.05, 0.1) is 12.1 Å². The van der Waals surface area contributed by atoms with Gasteiger partial charge in [0.15, 0.2) is 0 Å². The maximum Gasteiger partial charge on any atom is 0.228 e. The molecular formula is C16H23N3O. The highest BCUT2D eigenvalue weighted by Crippen LogP contribution is 2.29. The molecule has 1 N–H and O–H groups in total. The predicted octanol–water partition coefficient (Wildman–Crippen LogP) is 1.67. The topological polar surface area (TPSA) is 45.2 Å². The number of hydrogen-bond acceptors (Lipinski definition) is 3. The van der Waals surface area contributed by atoms with Gasteiger partial charge in [0.25, 0.3) is 0 Å². The van der Waals surface area contributed by atoms with Crippen LogP contribution in [0.4, 0.5) is 0 Å². The molecule has 2 atom stereocenters. The average Bonchev–Trinajstić information content (AvgIpc) is 2.79. The minimum Gasteiger partial charge on any atom is -0.342 e. The zero-order valence-corrected chi connectivity index (χ0v) is 12.3. The van der Waals surface area contributed by atoms with Gasteiger partial charge in [-0.1, -0.05) is 6.07 Å². The van der Waals surface area contributed by atoms with Crippen molar-refractivity contribution in [1.29, 1.82) is 0 Å². The first-order chi connectivity index (χ1) is 9.63. The Morgan fingerprint density at radius 1 is 1.40 bits per heavy atom. The second-order valence-corrected chi connectivity index (χ2v) is 6.21. The Morgan fingerprint density at radius 3 is 2.75 bits per heavy atom. The smallest absolute Gasteiger partial charge is 0.228 e. The summed E-state index contributed by atoms with van der Waals surface area (Å²) < 4.78 is 0. The molecule has 2 bridgehead atoms. The van der Waals surface area contributed by atoms with Crippen LogP contribution in [0.15, 0.2) is 18.3 Å². The Kier molecular flexibility index (Phi) is 3.74. The second kappa shape index (κ2) is 5.52. The molecule has 0 spiro atoms. The molecule has 108 valence electrons. The number of pyridine rings is 1. The number of likely N-dealkylation sites (N-methyl/N-ethyl adjacent to an activating group) is 1. The van der Waals surface area contributed by atoms with Crippen molar-refractivity contribution < 1.29 is 4.79 Å². The Hall–Kier alpha value is -1.42. The normalized spacial score (nSPS) is 28.4. The predicted molar refractivity (Wildman–Crippen MR) is 78.4 cm³/mol. The molecule has 20 heavy (non-hydrogen) atoms. The van der Waals surface area contributed by atoms with Crippen LogP contribution in [0.25, 0.3) is 0 Å². The number of piperidine rings is 1.